The molecular weight excluding hydrogens is 260 g/mol. The first kappa shape index (κ1) is 15.3. The Hall–Kier alpha value is -2.09. The molecule has 2 aromatic rings. The van der Waals surface area contributed by atoms with Crippen molar-refractivity contribution in [2.24, 2.45) is 0 Å². The third-order valence-corrected chi connectivity index (χ3v) is 3.37. The van der Waals surface area contributed by atoms with E-state index in [0.29, 0.717) is 13.0 Å². The molecule has 0 spiro atoms. The van der Waals surface area contributed by atoms with Gasteiger partial charge in [0.2, 0.25) is 0 Å². The quantitative estimate of drug-likeness (QED) is 0.670. The van der Waals surface area contributed by atoms with E-state index in [2.05, 4.69) is 36.4 Å². The summed E-state index contributed by atoms with van der Waals surface area (Å²) >= 11 is 0. The number of benzene rings is 2. The van der Waals surface area contributed by atoms with Crippen LogP contribution in [0, 0.1) is 0 Å². The minimum Gasteiger partial charge on any atom is -0.494 e. The van der Waals surface area contributed by atoms with E-state index in [9.17, 15) is 4.79 Å². The summed E-state index contributed by atoms with van der Waals surface area (Å²) in [7, 11) is 0. The van der Waals surface area contributed by atoms with E-state index in [-0.39, 0.29) is 5.78 Å². The first-order chi connectivity index (χ1) is 10.2. The molecule has 110 valence electrons. The van der Waals surface area contributed by atoms with Crippen LogP contribution in [0.5, 0.6) is 5.75 Å². The van der Waals surface area contributed by atoms with Crippen LogP contribution in [0.15, 0.2) is 54.6 Å². The normalized spacial score (nSPS) is 10.3. The molecule has 0 aliphatic heterocycles. The van der Waals surface area contributed by atoms with Crippen molar-refractivity contribution in [1.82, 2.24) is 0 Å². The van der Waals surface area contributed by atoms with Gasteiger partial charge in [0.1, 0.15) is 11.5 Å². The van der Waals surface area contributed by atoms with Crippen LogP contribution in [0.2, 0.25) is 0 Å². The molecule has 0 N–H and O–H groups in total. The van der Waals surface area contributed by atoms with Crippen LogP contribution in [-0.2, 0) is 11.2 Å². The van der Waals surface area contributed by atoms with Crippen molar-refractivity contribution in [3.63, 3.8) is 0 Å². The van der Waals surface area contributed by atoms with Crippen LogP contribution in [-0.4, -0.2) is 12.4 Å². The van der Waals surface area contributed by atoms with Gasteiger partial charge in [-0.05, 0) is 49.4 Å². The summed E-state index contributed by atoms with van der Waals surface area (Å²) in [6, 6.07) is 18.7. The molecule has 0 saturated carbocycles. The summed E-state index contributed by atoms with van der Waals surface area (Å²) in [6.45, 7) is 2.30. The zero-order chi connectivity index (χ0) is 14.9. The predicted octanol–water partition coefficient (Wildman–Crippen LogP) is 4.42. The van der Waals surface area contributed by atoms with Crippen LogP contribution in [0.1, 0.15) is 37.3 Å². The van der Waals surface area contributed by atoms with Crippen LogP contribution < -0.4 is 4.74 Å². The van der Waals surface area contributed by atoms with Gasteiger partial charge in [0.05, 0.1) is 6.61 Å². The first-order valence-corrected chi connectivity index (χ1v) is 7.49. The third-order valence-electron chi connectivity index (χ3n) is 3.37. The summed E-state index contributed by atoms with van der Waals surface area (Å²) in [6.07, 6.45) is 3.42. The van der Waals surface area contributed by atoms with Crippen LogP contribution in [0.4, 0.5) is 0 Å². The number of ether oxygens (including phenoxy) is 1. The summed E-state index contributed by atoms with van der Waals surface area (Å²) in [4.78, 5) is 10.8. The molecule has 0 amide bonds. The maximum Gasteiger partial charge on any atom is 0.129 e. The van der Waals surface area contributed by atoms with Gasteiger partial charge in [-0.15, -0.1) is 0 Å². The van der Waals surface area contributed by atoms with Gasteiger partial charge in [-0.2, -0.15) is 0 Å². The Morgan fingerprint density at radius 2 is 1.57 bits per heavy atom. The van der Waals surface area contributed by atoms with E-state index < -0.39 is 0 Å². The van der Waals surface area contributed by atoms with Crippen molar-refractivity contribution >= 4 is 5.78 Å². The largest absolute Gasteiger partial charge is 0.494 e. The zero-order valence-corrected chi connectivity index (χ0v) is 12.5. The molecule has 0 unspecified atom stereocenters. The molecule has 2 aromatic carbocycles. The van der Waals surface area contributed by atoms with Gasteiger partial charge < -0.3 is 9.53 Å². The standard InChI is InChI=1S/C19H22O2/c1-16(20)7-5-6-14-21-19-12-10-18(11-13-19)15-17-8-3-2-4-9-17/h2-4,8-13H,5-7,14-15H2,1H3. The van der Waals surface area contributed by atoms with E-state index in [1.54, 1.807) is 6.92 Å². The number of ketones is 1. The van der Waals surface area contributed by atoms with Crippen molar-refractivity contribution in [3.05, 3.63) is 65.7 Å². The predicted molar refractivity (Wildman–Crippen MR) is 85.7 cm³/mol. The van der Waals surface area contributed by atoms with Gasteiger partial charge >= 0.3 is 0 Å². The fraction of sp³-hybridized carbons (Fsp3) is 0.316. The van der Waals surface area contributed by atoms with Crippen molar-refractivity contribution in [1.29, 1.82) is 0 Å². The van der Waals surface area contributed by atoms with Gasteiger partial charge in [-0.1, -0.05) is 42.5 Å². The number of unbranched alkanes of at least 4 members (excludes halogenated alkanes) is 1. The van der Waals surface area contributed by atoms with Crippen molar-refractivity contribution in [3.8, 4) is 5.75 Å². The number of carbonyl (C=O) groups is 1. The smallest absolute Gasteiger partial charge is 0.129 e. The molecule has 0 atom stereocenters. The Balaban J connectivity index is 1.75. The molecular formula is C19H22O2. The highest BCUT2D eigenvalue weighted by molar-refractivity contribution is 5.75. The minimum atomic E-state index is 0.250. The lowest BCUT2D eigenvalue weighted by atomic mass is 10.1. The Morgan fingerprint density at radius 3 is 2.24 bits per heavy atom. The van der Waals surface area contributed by atoms with Gasteiger partial charge in [0, 0.05) is 6.42 Å². The Labute approximate surface area is 126 Å². The lowest BCUT2D eigenvalue weighted by Crippen LogP contribution is -1.99. The molecule has 0 heterocycles. The highest BCUT2D eigenvalue weighted by Crippen LogP contribution is 2.15. The highest BCUT2D eigenvalue weighted by atomic mass is 16.5. The molecule has 0 fully saturated rings. The first-order valence-electron chi connectivity index (χ1n) is 7.49. The molecule has 2 rings (SSSR count). The second kappa shape index (κ2) is 8.25. The lowest BCUT2D eigenvalue weighted by molar-refractivity contribution is -0.117. The minimum absolute atomic E-state index is 0.250. The van der Waals surface area contributed by atoms with E-state index in [1.165, 1.54) is 11.1 Å². The van der Waals surface area contributed by atoms with Gasteiger partial charge in [0.25, 0.3) is 0 Å². The molecule has 0 bridgehead atoms. The topological polar surface area (TPSA) is 26.3 Å². The fourth-order valence-electron chi connectivity index (χ4n) is 2.20. The van der Waals surface area contributed by atoms with Crippen molar-refractivity contribution in [2.75, 3.05) is 6.61 Å². The maximum atomic E-state index is 10.8. The van der Waals surface area contributed by atoms with Gasteiger partial charge in [0.15, 0.2) is 0 Å². The fourth-order valence-corrected chi connectivity index (χ4v) is 2.20. The Morgan fingerprint density at radius 1 is 0.905 bits per heavy atom. The number of rotatable bonds is 8. The average molecular weight is 282 g/mol. The van der Waals surface area contributed by atoms with E-state index >= 15 is 0 Å². The lowest BCUT2D eigenvalue weighted by Gasteiger charge is -2.07. The maximum absolute atomic E-state index is 10.8. The van der Waals surface area contributed by atoms with E-state index in [4.69, 9.17) is 4.74 Å². The number of carbonyl (C=O) groups excluding carboxylic acids is 1. The SMILES string of the molecule is CC(=O)CCCCOc1ccc(Cc2ccccc2)cc1. The van der Waals surface area contributed by atoms with Gasteiger partial charge in [-0.3, -0.25) is 0 Å². The molecule has 0 saturated heterocycles. The molecule has 0 radical (unpaired) electrons. The van der Waals surface area contributed by atoms with Crippen LogP contribution in [0.3, 0.4) is 0 Å². The Bertz CT molecular complexity index is 544. The van der Waals surface area contributed by atoms with Crippen molar-refractivity contribution < 1.29 is 9.53 Å². The highest BCUT2D eigenvalue weighted by Gasteiger charge is 1.98. The second-order valence-electron chi connectivity index (χ2n) is 5.31. The zero-order valence-electron chi connectivity index (χ0n) is 12.5. The number of hydrogen-bond acceptors (Lipinski definition) is 2. The van der Waals surface area contributed by atoms with E-state index in [1.807, 2.05) is 18.2 Å². The monoisotopic (exact) mass is 282 g/mol. The Kier molecular flexibility index (Phi) is 6.01. The van der Waals surface area contributed by atoms with Crippen LogP contribution >= 0.6 is 0 Å². The molecule has 21 heavy (non-hydrogen) atoms. The number of hydrogen-bond donors (Lipinski definition) is 0. The van der Waals surface area contributed by atoms with Crippen LogP contribution in [0.25, 0.3) is 0 Å². The summed E-state index contributed by atoms with van der Waals surface area (Å²) < 4.78 is 5.68. The summed E-state index contributed by atoms with van der Waals surface area (Å²) in [5.41, 5.74) is 2.60. The molecule has 2 heteroatoms. The summed E-state index contributed by atoms with van der Waals surface area (Å²) in [5, 5.41) is 0. The number of Topliss-reactive ketones (excluding diaryl/α,β-unsaturated/α-hetero) is 1. The average Bonchev–Trinajstić information content (AvgIpc) is 2.49. The summed E-state index contributed by atoms with van der Waals surface area (Å²) in [5.74, 6) is 1.15. The van der Waals surface area contributed by atoms with Crippen molar-refractivity contribution in [2.45, 2.75) is 32.6 Å². The second-order valence-corrected chi connectivity index (χ2v) is 5.31. The molecule has 0 aromatic heterocycles. The molecule has 0 aliphatic rings. The third kappa shape index (κ3) is 5.82. The van der Waals surface area contributed by atoms with Gasteiger partial charge in [-0.25, -0.2) is 0 Å². The van der Waals surface area contributed by atoms with E-state index in [0.717, 1.165) is 25.0 Å². The molecule has 0 aliphatic carbocycles. The molecule has 2 nitrogen and oxygen atoms in total.